The number of ketones is 3. The lowest BCUT2D eigenvalue weighted by molar-refractivity contribution is -0.133. The fourth-order valence-electron chi connectivity index (χ4n) is 2.83. The first-order valence-electron chi connectivity index (χ1n) is 7.05. The maximum atomic E-state index is 12.6. The van der Waals surface area contributed by atoms with E-state index < -0.39 is 28.8 Å². The Balaban J connectivity index is 2.15. The molecule has 0 radical (unpaired) electrons. The molecule has 0 aromatic carbocycles. The number of Topliss-reactive ketones (excluding diaryl/α,β-unsaturated/α-hetero) is 3. The molecule has 2 heterocycles. The second-order valence-electron chi connectivity index (χ2n) is 5.42. The van der Waals surface area contributed by atoms with Crippen molar-refractivity contribution in [1.82, 2.24) is 9.55 Å². The van der Waals surface area contributed by atoms with Gasteiger partial charge in [-0.3, -0.25) is 23.7 Å². The van der Waals surface area contributed by atoms with Crippen LogP contribution in [0.5, 0.6) is 0 Å². The molecule has 0 amide bonds. The number of hydrogen-bond acceptors (Lipinski definition) is 5. The molecule has 0 saturated heterocycles. The van der Waals surface area contributed by atoms with Crippen molar-refractivity contribution in [3.8, 4) is 0 Å². The molecule has 2 aromatic rings. The lowest BCUT2D eigenvalue weighted by atomic mass is 9.82. The third kappa shape index (κ3) is 2.16. The molecule has 0 aliphatic heterocycles. The van der Waals surface area contributed by atoms with Crippen LogP contribution < -0.4 is 5.56 Å². The summed E-state index contributed by atoms with van der Waals surface area (Å²) in [5, 5.41) is 0.614. The number of carbonyl (C=O) groups excluding carboxylic acids is 3. The first-order chi connectivity index (χ1) is 10.5. The first kappa shape index (κ1) is 14.3. The third-order valence-corrected chi connectivity index (χ3v) is 3.99. The zero-order valence-corrected chi connectivity index (χ0v) is 12.0. The van der Waals surface area contributed by atoms with E-state index in [-0.39, 0.29) is 18.4 Å². The Morgan fingerprint density at radius 3 is 2.59 bits per heavy atom. The molecule has 1 aliphatic rings. The summed E-state index contributed by atoms with van der Waals surface area (Å²) in [6, 6.07) is 4.84. The fourth-order valence-corrected chi connectivity index (χ4v) is 2.83. The average Bonchev–Trinajstić information content (AvgIpc) is 2.50. The van der Waals surface area contributed by atoms with Crippen molar-refractivity contribution in [1.29, 1.82) is 0 Å². The summed E-state index contributed by atoms with van der Waals surface area (Å²) < 4.78 is 1.26. The van der Waals surface area contributed by atoms with Crippen LogP contribution in [0.2, 0.25) is 0 Å². The lowest BCUT2D eigenvalue weighted by Gasteiger charge is -2.18. The minimum Gasteiger partial charge on any atom is -0.298 e. The number of carbonyl (C=O) groups is 3. The topological polar surface area (TPSA) is 86.1 Å². The smallest absolute Gasteiger partial charge is 0.262 e. The number of aromatic nitrogens is 2. The van der Waals surface area contributed by atoms with Crippen LogP contribution in [0.4, 0.5) is 0 Å². The van der Waals surface area contributed by atoms with Crippen LogP contribution in [-0.4, -0.2) is 26.9 Å². The molecule has 1 fully saturated rings. The lowest BCUT2D eigenvalue weighted by Crippen LogP contribution is -2.38. The van der Waals surface area contributed by atoms with Gasteiger partial charge in [0.05, 0.1) is 5.56 Å². The monoisotopic (exact) mass is 298 g/mol. The predicted molar refractivity (Wildman–Crippen MR) is 78.7 cm³/mol. The van der Waals surface area contributed by atoms with Crippen molar-refractivity contribution in [3.63, 3.8) is 0 Å². The Labute approximate surface area is 125 Å². The van der Waals surface area contributed by atoms with Crippen LogP contribution in [0.1, 0.15) is 29.6 Å². The highest BCUT2D eigenvalue weighted by atomic mass is 16.2. The van der Waals surface area contributed by atoms with Gasteiger partial charge in [-0.1, -0.05) is 0 Å². The molecule has 6 nitrogen and oxygen atoms in total. The molecular weight excluding hydrogens is 284 g/mol. The summed E-state index contributed by atoms with van der Waals surface area (Å²) in [6.07, 6.45) is 2.44. The highest BCUT2D eigenvalue weighted by Crippen LogP contribution is 2.21. The summed E-state index contributed by atoms with van der Waals surface area (Å²) in [5.74, 6) is -2.80. The number of hydrogen-bond donors (Lipinski definition) is 0. The van der Waals surface area contributed by atoms with Gasteiger partial charge >= 0.3 is 0 Å². The quantitative estimate of drug-likeness (QED) is 0.611. The predicted octanol–water partition coefficient (Wildman–Crippen LogP) is 1.05. The van der Waals surface area contributed by atoms with Crippen molar-refractivity contribution in [2.45, 2.75) is 19.3 Å². The molecule has 6 heteroatoms. The Morgan fingerprint density at radius 2 is 1.91 bits per heavy atom. The van der Waals surface area contributed by atoms with Gasteiger partial charge in [-0.15, -0.1) is 0 Å². The van der Waals surface area contributed by atoms with Gasteiger partial charge in [0.15, 0.2) is 17.3 Å². The molecule has 1 aliphatic carbocycles. The second-order valence-corrected chi connectivity index (χ2v) is 5.42. The van der Waals surface area contributed by atoms with Crippen LogP contribution in [-0.2, 0) is 16.6 Å². The van der Waals surface area contributed by atoms with Crippen molar-refractivity contribution >= 4 is 28.4 Å². The highest BCUT2D eigenvalue weighted by Gasteiger charge is 2.37. The Bertz CT molecular complexity index is 850. The number of aryl methyl sites for hydroxylation is 1. The number of pyridine rings is 2. The van der Waals surface area contributed by atoms with Crippen LogP contribution in [0.3, 0.4) is 0 Å². The minimum atomic E-state index is -1.32. The molecule has 2 aromatic heterocycles. The second kappa shape index (κ2) is 5.29. The Morgan fingerprint density at radius 1 is 1.23 bits per heavy atom. The van der Waals surface area contributed by atoms with Gasteiger partial charge in [0, 0.05) is 31.5 Å². The van der Waals surface area contributed by atoms with E-state index >= 15 is 0 Å². The number of fused-ring (bicyclic) bond motifs is 1. The Hall–Kier alpha value is -2.63. The first-order valence-corrected chi connectivity index (χ1v) is 7.05. The molecule has 0 unspecified atom stereocenters. The molecule has 3 rings (SSSR count). The zero-order chi connectivity index (χ0) is 15.9. The zero-order valence-electron chi connectivity index (χ0n) is 12.0. The van der Waals surface area contributed by atoms with E-state index in [9.17, 15) is 19.2 Å². The van der Waals surface area contributed by atoms with Gasteiger partial charge in [0.2, 0.25) is 0 Å². The molecule has 0 spiro atoms. The van der Waals surface area contributed by atoms with E-state index in [4.69, 9.17) is 0 Å². The van der Waals surface area contributed by atoms with Crippen LogP contribution >= 0.6 is 0 Å². The van der Waals surface area contributed by atoms with Crippen LogP contribution in [0.25, 0.3) is 11.0 Å². The third-order valence-electron chi connectivity index (χ3n) is 3.99. The molecule has 1 saturated carbocycles. The number of nitrogens with zero attached hydrogens (tertiary/aromatic N) is 2. The van der Waals surface area contributed by atoms with E-state index in [0.29, 0.717) is 17.5 Å². The standard InChI is InChI=1S/C16H14N2O4/c1-18-15-9(4-3-7-17-15)8-10(16(18)22)14(21)13-11(19)5-2-6-12(13)20/h3-4,7-8,13H,2,5-6H2,1H3. The van der Waals surface area contributed by atoms with Gasteiger partial charge in [-0.2, -0.15) is 0 Å². The molecule has 0 bridgehead atoms. The maximum Gasteiger partial charge on any atom is 0.262 e. The molecule has 0 atom stereocenters. The van der Waals surface area contributed by atoms with Gasteiger partial charge in [0.1, 0.15) is 11.6 Å². The van der Waals surface area contributed by atoms with Gasteiger partial charge in [0.25, 0.3) is 5.56 Å². The van der Waals surface area contributed by atoms with E-state index in [0.717, 1.165) is 0 Å². The summed E-state index contributed by atoms with van der Waals surface area (Å²) >= 11 is 0. The van der Waals surface area contributed by atoms with Crippen molar-refractivity contribution < 1.29 is 14.4 Å². The summed E-state index contributed by atoms with van der Waals surface area (Å²) in [4.78, 5) is 52.9. The normalized spacial score (nSPS) is 16.2. The average molecular weight is 298 g/mol. The van der Waals surface area contributed by atoms with Crippen LogP contribution in [0, 0.1) is 5.92 Å². The van der Waals surface area contributed by atoms with E-state index in [1.54, 1.807) is 18.3 Å². The Kier molecular flexibility index (Phi) is 3.44. The van der Waals surface area contributed by atoms with Crippen molar-refractivity contribution in [2.24, 2.45) is 13.0 Å². The molecule has 0 N–H and O–H groups in total. The fraction of sp³-hybridized carbons (Fsp3) is 0.312. The van der Waals surface area contributed by atoms with Gasteiger partial charge in [-0.05, 0) is 24.6 Å². The van der Waals surface area contributed by atoms with E-state index in [1.165, 1.54) is 17.7 Å². The SMILES string of the molecule is Cn1c(=O)c(C(=O)C2C(=O)CCCC2=O)cc2cccnc21. The van der Waals surface area contributed by atoms with Crippen molar-refractivity contribution in [3.05, 3.63) is 40.3 Å². The van der Waals surface area contributed by atoms with Crippen molar-refractivity contribution in [2.75, 3.05) is 0 Å². The van der Waals surface area contributed by atoms with Gasteiger partial charge in [-0.25, -0.2) is 4.98 Å². The molecule has 22 heavy (non-hydrogen) atoms. The molecular formula is C16H14N2O4. The molecule has 112 valence electrons. The van der Waals surface area contributed by atoms with Gasteiger partial charge < -0.3 is 0 Å². The maximum absolute atomic E-state index is 12.6. The van der Waals surface area contributed by atoms with E-state index in [2.05, 4.69) is 4.98 Å². The van der Waals surface area contributed by atoms with E-state index in [1.807, 2.05) is 0 Å². The largest absolute Gasteiger partial charge is 0.298 e. The summed E-state index contributed by atoms with van der Waals surface area (Å²) in [7, 11) is 1.51. The summed E-state index contributed by atoms with van der Waals surface area (Å²) in [6.45, 7) is 0. The number of rotatable bonds is 2. The minimum absolute atomic E-state index is 0.128. The highest BCUT2D eigenvalue weighted by molar-refractivity contribution is 6.25. The summed E-state index contributed by atoms with van der Waals surface area (Å²) in [5.41, 5.74) is -0.218. The van der Waals surface area contributed by atoms with Crippen LogP contribution in [0.15, 0.2) is 29.2 Å².